The summed E-state index contributed by atoms with van der Waals surface area (Å²) in [4.78, 5) is 23.4. The Morgan fingerprint density at radius 2 is 2.10 bits per heavy atom. The summed E-state index contributed by atoms with van der Waals surface area (Å²) in [5.41, 5.74) is 2.06. The molecule has 0 saturated heterocycles. The van der Waals surface area contributed by atoms with Gasteiger partial charge in [0.15, 0.2) is 0 Å². The normalized spacial score (nSPS) is 12.2. The predicted molar refractivity (Wildman–Crippen MR) is 88.8 cm³/mol. The molecule has 0 fully saturated rings. The molecule has 4 nitrogen and oxygen atoms in total. The Balaban J connectivity index is 2.56. The van der Waals surface area contributed by atoms with E-state index in [1.807, 2.05) is 32.0 Å². The minimum atomic E-state index is -0.546. The van der Waals surface area contributed by atoms with Crippen molar-refractivity contribution >= 4 is 33.8 Å². The molecule has 2 N–H and O–H groups in total. The van der Waals surface area contributed by atoms with E-state index in [9.17, 15) is 9.59 Å². The first-order valence-corrected chi connectivity index (χ1v) is 7.75. The molecule has 0 spiro atoms. The number of nitrogens with one attached hydrogen (secondary N) is 2. The first-order chi connectivity index (χ1) is 9.93. The Morgan fingerprint density at radius 1 is 1.38 bits per heavy atom. The summed E-state index contributed by atoms with van der Waals surface area (Å²) >= 11 is 3.45. The third-order valence-corrected chi connectivity index (χ3v) is 3.56. The summed E-state index contributed by atoms with van der Waals surface area (Å²) in [6.45, 7) is 6.26. The zero-order valence-corrected chi connectivity index (χ0v) is 14.2. The number of carbonyl (C=O) groups is 2. The van der Waals surface area contributed by atoms with E-state index in [2.05, 4.69) is 26.6 Å². The summed E-state index contributed by atoms with van der Waals surface area (Å²) < 4.78 is 0.931. The van der Waals surface area contributed by atoms with Gasteiger partial charge < -0.3 is 10.6 Å². The number of aryl methyl sites for hydroxylation is 1. The first kappa shape index (κ1) is 17.4. The van der Waals surface area contributed by atoms with E-state index in [-0.39, 0.29) is 11.8 Å². The van der Waals surface area contributed by atoms with Crippen molar-refractivity contribution < 1.29 is 9.59 Å². The zero-order valence-electron chi connectivity index (χ0n) is 12.6. The number of carbonyl (C=O) groups excluding carboxylic acids is 2. The maximum absolute atomic E-state index is 11.8. The minimum absolute atomic E-state index is 0.171. The Bertz CT molecular complexity index is 541. The van der Waals surface area contributed by atoms with E-state index in [0.29, 0.717) is 6.54 Å². The van der Waals surface area contributed by atoms with Crippen LogP contribution in [0.5, 0.6) is 0 Å². The van der Waals surface area contributed by atoms with Gasteiger partial charge in [0, 0.05) is 17.1 Å². The van der Waals surface area contributed by atoms with Crippen LogP contribution in [0, 0.1) is 6.92 Å². The fourth-order valence-corrected chi connectivity index (χ4v) is 2.29. The van der Waals surface area contributed by atoms with Gasteiger partial charge in [-0.15, -0.1) is 0 Å². The lowest BCUT2D eigenvalue weighted by Gasteiger charge is -2.12. The van der Waals surface area contributed by atoms with Crippen LogP contribution >= 0.6 is 15.9 Å². The molecule has 0 radical (unpaired) electrons. The second-order valence-electron chi connectivity index (χ2n) is 4.88. The van der Waals surface area contributed by atoms with Crippen molar-refractivity contribution in [1.82, 2.24) is 10.6 Å². The molecule has 0 aliphatic carbocycles. The van der Waals surface area contributed by atoms with Crippen molar-refractivity contribution in [3.8, 4) is 0 Å². The lowest BCUT2D eigenvalue weighted by molar-refractivity contribution is -0.126. The van der Waals surface area contributed by atoms with E-state index in [1.165, 1.54) is 6.08 Å². The number of hydrogen-bond donors (Lipinski definition) is 2. The quantitative estimate of drug-likeness (QED) is 0.773. The molecule has 21 heavy (non-hydrogen) atoms. The van der Waals surface area contributed by atoms with Crippen LogP contribution in [0.25, 0.3) is 6.08 Å². The summed E-state index contributed by atoms with van der Waals surface area (Å²) in [6.07, 6.45) is 4.02. The summed E-state index contributed by atoms with van der Waals surface area (Å²) in [5, 5.41) is 5.38. The summed E-state index contributed by atoms with van der Waals surface area (Å²) in [7, 11) is 0. The fourth-order valence-electron chi connectivity index (χ4n) is 1.66. The van der Waals surface area contributed by atoms with Gasteiger partial charge >= 0.3 is 0 Å². The maximum Gasteiger partial charge on any atom is 0.244 e. The maximum atomic E-state index is 11.8. The van der Waals surface area contributed by atoms with Gasteiger partial charge in [-0.25, -0.2) is 0 Å². The monoisotopic (exact) mass is 352 g/mol. The average molecular weight is 353 g/mol. The molecule has 1 atom stereocenters. The number of halogens is 1. The standard InChI is InChI=1S/C16H21BrN2O2/c1-4-9-18-16(21)12(3)19-15(20)8-7-13-6-5-11(2)10-14(13)17/h5-8,10,12H,4,9H2,1-3H3,(H,18,21)(H,19,20)/b8-7+/t12-/m1/s1. The smallest absolute Gasteiger partial charge is 0.244 e. The molecule has 0 heterocycles. The highest BCUT2D eigenvalue weighted by molar-refractivity contribution is 9.10. The van der Waals surface area contributed by atoms with Crippen LogP contribution in [0.15, 0.2) is 28.7 Å². The molecule has 0 saturated carbocycles. The highest BCUT2D eigenvalue weighted by atomic mass is 79.9. The number of benzene rings is 1. The molecule has 114 valence electrons. The van der Waals surface area contributed by atoms with Crippen LogP contribution < -0.4 is 10.6 Å². The van der Waals surface area contributed by atoms with E-state index in [4.69, 9.17) is 0 Å². The highest BCUT2D eigenvalue weighted by Crippen LogP contribution is 2.19. The van der Waals surface area contributed by atoms with Crippen molar-refractivity contribution in [2.75, 3.05) is 6.54 Å². The Labute approximate surface area is 134 Å². The average Bonchev–Trinajstić information content (AvgIpc) is 2.43. The SMILES string of the molecule is CCCNC(=O)[C@@H](C)NC(=O)/C=C/c1ccc(C)cc1Br. The molecule has 0 bridgehead atoms. The van der Waals surface area contributed by atoms with Crippen LogP contribution in [-0.4, -0.2) is 24.4 Å². The van der Waals surface area contributed by atoms with E-state index < -0.39 is 6.04 Å². The van der Waals surface area contributed by atoms with Crippen LogP contribution in [0.2, 0.25) is 0 Å². The minimum Gasteiger partial charge on any atom is -0.354 e. The molecule has 0 unspecified atom stereocenters. The van der Waals surface area contributed by atoms with E-state index >= 15 is 0 Å². The van der Waals surface area contributed by atoms with Gasteiger partial charge in [-0.05, 0) is 43.5 Å². The van der Waals surface area contributed by atoms with Crippen LogP contribution in [0.1, 0.15) is 31.4 Å². The van der Waals surface area contributed by atoms with E-state index in [0.717, 1.165) is 22.0 Å². The second kappa shape index (κ2) is 8.62. The molecular formula is C16H21BrN2O2. The van der Waals surface area contributed by atoms with Gasteiger partial charge in [0.2, 0.25) is 11.8 Å². The molecule has 0 aliphatic rings. The molecule has 1 rings (SSSR count). The van der Waals surface area contributed by atoms with Crippen molar-refractivity contribution in [3.05, 3.63) is 39.9 Å². The van der Waals surface area contributed by atoms with Crippen LogP contribution in [0.4, 0.5) is 0 Å². The predicted octanol–water partition coefficient (Wildman–Crippen LogP) is 2.80. The number of amides is 2. The molecule has 5 heteroatoms. The number of rotatable bonds is 6. The molecular weight excluding hydrogens is 332 g/mol. The topological polar surface area (TPSA) is 58.2 Å². The molecule has 1 aromatic rings. The van der Waals surface area contributed by atoms with Crippen molar-refractivity contribution in [1.29, 1.82) is 0 Å². The van der Waals surface area contributed by atoms with Gasteiger partial charge in [0.25, 0.3) is 0 Å². The lowest BCUT2D eigenvalue weighted by Crippen LogP contribution is -2.44. The van der Waals surface area contributed by atoms with Gasteiger partial charge in [0.1, 0.15) is 6.04 Å². The van der Waals surface area contributed by atoms with Gasteiger partial charge in [-0.1, -0.05) is 35.0 Å². The van der Waals surface area contributed by atoms with Gasteiger partial charge in [0.05, 0.1) is 0 Å². The largest absolute Gasteiger partial charge is 0.354 e. The van der Waals surface area contributed by atoms with Crippen molar-refractivity contribution in [2.24, 2.45) is 0 Å². The number of hydrogen-bond acceptors (Lipinski definition) is 2. The summed E-state index contributed by atoms with van der Waals surface area (Å²) in [5.74, 6) is -0.461. The lowest BCUT2D eigenvalue weighted by atomic mass is 10.1. The Morgan fingerprint density at radius 3 is 2.71 bits per heavy atom. The third-order valence-electron chi connectivity index (χ3n) is 2.87. The molecule has 0 aromatic heterocycles. The Hall–Kier alpha value is -1.62. The molecule has 0 aliphatic heterocycles. The molecule has 2 amide bonds. The van der Waals surface area contributed by atoms with Crippen molar-refractivity contribution in [2.45, 2.75) is 33.2 Å². The Kier molecular flexibility index (Phi) is 7.15. The highest BCUT2D eigenvalue weighted by Gasteiger charge is 2.13. The summed E-state index contributed by atoms with van der Waals surface area (Å²) in [6, 6.07) is 5.34. The van der Waals surface area contributed by atoms with Crippen molar-refractivity contribution in [3.63, 3.8) is 0 Å². The second-order valence-corrected chi connectivity index (χ2v) is 5.73. The first-order valence-electron chi connectivity index (χ1n) is 6.96. The van der Waals surface area contributed by atoms with Crippen LogP contribution in [-0.2, 0) is 9.59 Å². The zero-order chi connectivity index (χ0) is 15.8. The van der Waals surface area contributed by atoms with E-state index in [1.54, 1.807) is 13.0 Å². The fraction of sp³-hybridized carbons (Fsp3) is 0.375. The van der Waals surface area contributed by atoms with Crippen LogP contribution in [0.3, 0.4) is 0 Å². The van der Waals surface area contributed by atoms with Gasteiger partial charge in [-0.3, -0.25) is 9.59 Å². The van der Waals surface area contributed by atoms with Gasteiger partial charge in [-0.2, -0.15) is 0 Å². The molecule has 1 aromatic carbocycles. The third kappa shape index (κ3) is 6.12.